The molecule has 0 spiro atoms. The fraction of sp³-hybridized carbons (Fsp3) is 0.800. The van der Waals surface area contributed by atoms with Crippen molar-refractivity contribution in [1.82, 2.24) is 14.8 Å². The van der Waals surface area contributed by atoms with Crippen molar-refractivity contribution in [3.63, 3.8) is 0 Å². The Morgan fingerprint density at radius 2 is 2.32 bits per heavy atom. The van der Waals surface area contributed by atoms with Gasteiger partial charge in [0.1, 0.15) is 0 Å². The highest BCUT2D eigenvalue weighted by atomic mass is 15.5. The van der Waals surface area contributed by atoms with Crippen LogP contribution in [0.15, 0.2) is 16.8 Å². The van der Waals surface area contributed by atoms with Crippen LogP contribution in [-0.4, -0.2) is 73.9 Å². The van der Waals surface area contributed by atoms with Crippen LogP contribution in [0.3, 0.4) is 0 Å². The second kappa shape index (κ2) is 6.53. The largest absolute Gasteiger partial charge is 0.306 e. The van der Waals surface area contributed by atoms with Gasteiger partial charge in [0.05, 0.1) is 12.6 Å². The highest BCUT2D eigenvalue weighted by Gasteiger charge is 2.22. The number of rotatable bonds is 5. The van der Waals surface area contributed by atoms with Gasteiger partial charge in [-0.25, -0.2) is 0 Å². The third kappa shape index (κ3) is 4.32. The molecule has 0 aromatic rings. The summed E-state index contributed by atoms with van der Waals surface area (Å²) >= 11 is 0. The Bertz CT molecular complexity index is 350. The first-order valence-corrected chi connectivity index (χ1v) is 7.39. The minimum absolute atomic E-state index is 0.477. The molecule has 1 saturated heterocycles. The summed E-state index contributed by atoms with van der Waals surface area (Å²) in [6, 6.07) is 0.477. The van der Waals surface area contributed by atoms with Crippen molar-refractivity contribution in [2.75, 3.05) is 46.8 Å². The van der Waals surface area contributed by atoms with Gasteiger partial charge in [0.2, 0.25) is 0 Å². The summed E-state index contributed by atoms with van der Waals surface area (Å²) in [5.41, 5.74) is 1.27. The van der Waals surface area contributed by atoms with Crippen molar-refractivity contribution in [2.45, 2.75) is 26.3 Å². The lowest BCUT2D eigenvalue weighted by Crippen LogP contribution is -2.41. The molecule has 0 radical (unpaired) electrons. The van der Waals surface area contributed by atoms with Gasteiger partial charge < -0.3 is 9.80 Å². The van der Waals surface area contributed by atoms with E-state index < -0.39 is 0 Å². The van der Waals surface area contributed by atoms with Crippen LogP contribution >= 0.6 is 0 Å². The Labute approximate surface area is 117 Å². The van der Waals surface area contributed by atoms with Crippen LogP contribution in [0.1, 0.15) is 20.3 Å². The average molecular weight is 264 g/mol. The van der Waals surface area contributed by atoms with E-state index in [4.69, 9.17) is 0 Å². The molecule has 0 aliphatic carbocycles. The molecule has 0 amide bonds. The average Bonchev–Trinajstić information content (AvgIpc) is 2.75. The van der Waals surface area contributed by atoms with E-state index >= 15 is 0 Å². The monoisotopic (exact) mass is 264 g/mol. The SMILES string of the molecule is CC1=CCN(C(C)CN(C)CC2CCN(C)C2)N=C1. The lowest BCUT2D eigenvalue weighted by molar-refractivity contribution is 0.169. The van der Waals surface area contributed by atoms with E-state index in [1.54, 1.807) is 0 Å². The number of hydrazone groups is 1. The van der Waals surface area contributed by atoms with Crippen molar-refractivity contribution in [3.05, 3.63) is 11.6 Å². The second-order valence-corrected chi connectivity index (χ2v) is 6.30. The molecule has 19 heavy (non-hydrogen) atoms. The van der Waals surface area contributed by atoms with Gasteiger partial charge in [0.25, 0.3) is 0 Å². The Kier molecular flexibility index (Phi) is 4.99. The van der Waals surface area contributed by atoms with Crippen LogP contribution in [0.4, 0.5) is 0 Å². The topological polar surface area (TPSA) is 22.1 Å². The van der Waals surface area contributed by atoms with Crippen molar-refractivity contribution < 1.29 is 0 Å². The summed E-state index contributed by atoms with van der Waals surface area (Å²) in [6.45, 7) is 10.1. The number of likely N-dealkylation sites (N-methyl/N-ethyl adjacent to an activating group) is 1. The zero-order valence-electron chi connectivity index (χ0n) is 12.8. The molecule has 2 aliphatic heterocycles. The molecule has 1 fully saturated rings. The Balaban J connectivity index is 1.73. The fourth-order valence-corrected chi connectivity index (χ4v) is 3.03. The zero-order valence-corrected chi connectivity index (χ0v) is 12.8. The summed E-state index contributed by atoms with van der Waals surface area (Å²) in [4.78, 5) is 4.90. The first-order chi connectivity index (χ1) is 9.04. The standard InChI is InChI=1S/C15H28N4/c1-13-5-8-19(16-9-13)14(2)10-18(4)12-15-6-7-17(3)11-15/h5,9,14-15H,6-8,10-12H2,1-4H3. The Morgan fingerprint density at radius 1 is 1.53 bits per heavy atom. The lowest BCUT2D eigenvalue weighted by Gasteiger charge is -2.31. The van der Waals surface area contributed by atoms with Gasteiger partial charge >= 0.3 is 0 Å². The van der Waals surface area contributed by atoms with Gasteiger partial charge in [0, 0.05) is 25.8 Å². The van der Waals surface area contributed by atoms with Gasteiger partial charge in [-0.1, -0.05) is 6.08 Å². The molecule has 0 aromatic heterocycles. The molecule has 0 N–H and O–H groups in total. The van der Waals surface area contributed by atoms with Crippen LogP contribution in [0, 0.1) is 5.92 Å². The Hall–Kier alpha value is -0.870. The van der Waals surface area contributed by atoms with E-state index in [2.05, 4.69) is 53.9 Å². The molecule has 0 saturated carbocycles. The van der Waals surface area contributed by atoms with Crippen molar-refractivity contribution in [1.29, 1.82) is 0 Å². The van der Waals surface area contributed by atoms with Crippen molar-refractivity contribution in [2.24, 2.45) is 11.0 Å². The fourth-order valence-electron chi connectivity index (χ4n) is 3.03. The van der Waals surface area contributed by atoms with Gasteiger partial charge in [-0.3, -0.25) is 5.01 Å². The van der Waals surface area contributed by atoms with E-state index in [1.165, 1.54) is 31.6 Å². The van der Waals surface area contributed by atoms with Crippen molar-refractivity contribution in [3.8, 4) is 0 Å². The first kappa shape index (κ1) is 14.5. The van der Waals surface area contributed by atoms with Crippen LogP contribution in [0.25, 0.3) is 0 Å². The predicted octanol–water partition coefficient (Wildman–Crippen LogP) is 1.51. The lowest BCUT2D eigenvalue weighted by atomic mass is 10.1. The van der Waals surface area contributed by atoms with E-state index in [1.807, 2.05) is 6.21 Å². The van der Waals surface area contributed by atoms with Gasteiger partial charge in [-0.05, 0) is 52.4 Å². The maximum absolute atomic E-state index is 4.51. The van der Waals surface area contributed by atoms with Gasteiger partial charge in [-0.15, -0.1) is 0 Å². The van der Waals surface area contributed by atoms with Gasteiger partial charge in [-0.2, -0.15) is 5.10 Å². The summed E-state index contributed by atoms with van der Waals surface area (Å²) in [5, 5.41) is 6.70. The molecule has 4 nitrogen and oxygen atoms in total. The minimum atomic E-state index is 0.477. The third-order valence-electron chi connectivity index (χ3n) is 4.15. The van der Waals surface area contributed by atoms with E-state index in [0.29, 0.717) is 6.04 Å². The Morgan fingerprint density at radius 3 is 2.89 bits per heavy atom. The molecule has 4 heteroatoms. The summed E-state index contributed by atoms with van der Waals surface area (Å²) < 4.78 is 0. The van der Waals surface area contributed by atoms with Gasteiger partial charge in [0.15, 0.2) is 0 Å². The highest BCUT2D eigenvalue weighted by molar-refractivity contribution is 5.78. The molecule has 2 heterocycles. The molecule has 2 rings (SSSR count). The molecule has 108 valence electrons. The van der Waals surface area contributed by atoms with Crippen molar-refractivity contribution >= 4 is 6.21 Å². The van der Waals surface area contributed by atoms with E-state index in [-0.39, 0.29) is 0 Å². The molecular formula is C15H28N4. The summed E-state index contributed by atoms with van der Waals surface area (Å²) in [7, 11) is 4.46. The summed E-state index contributed by atoms with van der Waals surface area (Å²) in [6.07, 6.45) is 5.56. The number of hydrogen-bond acceptors (Lipinski definition) is 4. The van der Waals surface area contributed by atoms with Crippen LogP contribution in [0.2, 0.25) is 0 Å². The third-order valence-corrected chi connectivity index (χ3v) is 4.15. The van der Waals surface area contributed by atoms with Crippen LogP contribution < -0.4 is 0 Å². The molecule has 2 aliphatic rings. The predicted molar refractivity (Wildman–Crippen MR) is 81.5 cm³/mol. The number of nitrogens with zero attached hydrogens (tertiary/aromatic N) is 4. The van der Waals surface area contributed by atoms with E-state index in [0.717, 1.165) is 19.0 Å². The van der Waals surface area contributed by atoms with Crippen LogP contribution in [0.5, 0.6) is 0 Å². The number of allylic oxidation sites excluding steroid dienone is 1. The van der Waals surface area contributed by atoms with E-state index in [9.17, 15) is 0 Å². The number of likely N-dealkylation sites (tertiary alicyclic amines) is 1. The smallest absolute Gasteiger partial charge is 0.0573 e. The maximum atomic E-state index is 4.51. The molecule has 2 unspecified atom stereocenters. The second-order valence-electron chi connectivity index (χ2n) is 6.30. The highest BCUT2D eigenvalue weighted by Crippen LogP contribution is 2.16. The van der Waals surface area contributed by atoms with Crippen LogP contribution in [-0.2, 0) is 0 Å². The molecule has 0 bridgehead atoms. The maximum Gasteiger partial charge on any atom is 0.0573 e. The molecule has 0 aromatic carbocycles. The number of hydrogen-bond donors (Lipinski definition) is 0. The minimum Gasteiger partial charge on any atom is -0.306 e. The molecular weight excluding hydrogens is 236 g/mol. The first-order valence-electron chi connectivity index (χ1n) is 7.39. The molecule has 2 atom stereocenters. The normalized spacial score (nSPS) is 26.1. The quantitative estimate of drug-likeness (QED) is 0.751. The zero-order chi connectivity index (χ0) is 13.8. The summed E-state index contributed by atoms with van der Waals surface area (Å²) in [5.74, 6) is 0.842.